The second kappa shape index (κ2) is 7.45. The van der Waals surface area contributed by atoms with E-state index in [0.29, 0.717) is 0 Å². The van der Waals surface area contributed by atoms with Crippen LogP contribution < -0.4 is 5.32 Å². The molecule has 0 atom stereocenters. The van der Waals surface area contributed by atoms with Crippen LogP contribution in [0, 0.1) is 6.92 Å². The first-order valence-electron chi connectivity index (χ1n) is 8.57. The third-order valence-electron chi connectivity index (χ3n) is 4.40. The molecule has 0 saturated heterocycles. The predicted octanol–water partition coefficient (Wildman–Crippen LogP) is 5.12. The molecule has 0 fully saturated rings. The van der Waals surface area contributed by atoms with Crippen molar-refractivity contribution in [3.05, 3.63) is 65.4 Å². The second-order valence-electron chi connectivity index (χ2n) is 6.21. The molecule has 1 heterocycles. The van der Waals surface area contributed by atoms with Crippen molar-refractivity contribution >= 4 is 22.3 Å². The van der Waals surface area contributed by atoms with Crippen LogP contribution in [0.2, 0.25) is 0 Å². The normalized spacial score (nSPS) is 11.0. The highest BCUT2D eigenvalue weighted by Crippen LogP contribution is 2.31. The highest BCUT2D eigenvalue weighted by molar-refractivity contribution is 5.95. The molecule has 3 heteroatoms. The summed E-state index contributed by atoms with van der Waals surface area (Å²) in [5, 5.41) is 14.1. The zero-order chi connectivity index (χ0) is 16.9. The quantitative estimate of drug-likeness (QED) is 0.662. The minimum atomic E-state index is 0.0375. The molecule has 0 aliphatic rings. The summed E-state index contributed by atoms with van der Waals surface area (Å²) < 4.78 is 0. The summed E-state index contributed by atoms with van der Waals surface area (Å²) in [4.78, 5) is 4.62. The number of pyridine rings is 1. The Hall–Kier alpha value is -2.39. The topological polar surface area (TPSA) is 45.2 Å². The molecule has 0 spiro atoms. The van der Waals surface area contributed by atoms with Crippen molar-refractivity contribution < 1.29 is 5.11 Å². The van der Waals surface area contributed by atoms with Gasteiger partial charge in [-0.05, 0) is 48.6 Å². The Morgan fingerprint density at radius 1 is 1.12 bits per heavy atom. The zero-order valence-electron chi connectivity index (χ0n) is 14.3. The van der Waals surface area contributed by atoms with Crippen molar-refractivity contribution in [2.75, 3.05) is 5.32 Å². The number of aromatic nitrogens is 1. The largest absolute Gasteiger partial charge is 0.392 e. The number of anilines is 2. The van der Waals surface area contributed by atoms with Gasteiger partial charge >= 0.3 is 0 Å². The molecular formula is C21H24N2O. The molecule has 124 valence electrons. The standard InChI is InChI=1S/C21H24N2O/c1-3-4-8-17-13-22-20-12-16(14-24)10-11-18(20)21(17)23-19-9-6-5-7-15(19)2/h5-7,9-13,24H,3-4,8,14H2,1-2H3,(H,22,23). The van der Waals surface area contributed by atoms with Crippen molar-refractivity contribution in [3.63, 3.8) is 0 Å². The van der Waals surface area contributed by atoms with Gasteiger partial charge < -0.3 is 10.4 Å². The Morgan fingerprint density at radius 3 is 2.71 bits per heavy atom. The molecule has 0 radical (unpaired) electrons. The van der Waals surface area contributed by atoms with Crippen molar-refractivity contribution in [3.8, 4) is 0 Å². The van der Waals surface area contributed by atoms with Crippen LogP contribution in [0.15, 0.2) is 48.7 Å². The third-order valence-corrected chi connectivity index (χ3v) is 4.40. The van der Waals surface area contributed by atoms with E-state index in [9.17, 15) is 5.11 Å². The molecule has 3 aromatic rings. The molecule has 2 aromatic carbocycles. The average Bonchev–Trinajstić information content (AvgIpc) is 2.62. The predicted molar refractivity (Wildman–Crippen MR) is 101 cm³/mol. The first kappa shape index (κ1) is 16.5. The van der Waals surface area contributed by atoms with Crippen LogP contribution in [0.1, 0.15) is 36.5 Å². The number of aryl methyl sites for hydroxylation is 2. The number of nitrogens with one attached hydrogen (secondary N) is 1. The first-order chi connectivity index (χ1) is 11.7. The fourth-order valence-electron chi connectivity index (χ4n) is 2.93. The van der Waals surface area contributed by atoms with Gasteiger partial charge in [-0.15, -0.1) is 0 Å². The van der Waals surface area contributed by atoms with E-state index in [0.717, 1.165) is 47.1 Å². The molecule has 24 heavy (non-hydrogen) atoms. The molecule has 0 aliphatic carbocycles. The van der Waals surface area contributed by atoms with Gasteiger partial charge in [0.05, 0.1) is 17.8 Å². The van der Waals surface area contributed by atoms with Crippen LogP contribution in [-0.2, 0) is 13.0 Å². The fourth-order valence-corrected chi connectivity index (χ4v) is 2.93. The van der Waals surface area contributed by atoms with Crippen molar-refractivity contribution in [1.82, 2.24) is 4.98 Å². The number of fused-ring (bicyclic) bond motifs is 1. The van der Waals surface area contributed by atoms with Crippen molar-refractivity contribution in [2.24, 2.45) is 0 Å². The molecule has 0 aliphatic heterocycles. The number of hydrogen-bond acceptors (Lipinski definition) is 3. The van der Waals surface area contributed by atoms with Gasteiger partial charge in [0.2, 0.25) is 0 Å². The summed E-state index contributed by atoms with van der Waals surface area (Å²) in [7, 11) is 0. The van der Waals surface area contributed by atoms with E-state index in [4.69, 9.17) is 0 Å². The summed E-state index contributed by atoms with van der Waals surface area (Å²) in [6.07, 6.45) is 5.28. The van der Waals surface area contributed by atoms with Gasteiger partial charge in [0, 0.05) is 17.3 Å². The maximum Gasteiger partial charge on any atom is 0.0726 e. The smallest absolute Gasteiger partial charge is 0.0726 e. The van der Waals surface area contributed by atoms with Crippen LogP contribution in [0.4, 0.5) is 11.4 Å². The fraction of sp³-hybridized carbons (Fsp3) is 0.286. The number of aliphatic hydroxyl groups is 1. The Bertz CT molecular complexity index is 842. The summed E-state index contributed by atoms with van der Waals surface area (Å²) in [5.74, 6) is 0. The number of para-hydroxylation sites is 1. The van der Waals surface area contributed by atoms with Gasteiger partial charge in [0.15, 0.2) is 0 Å². The summed E-state index contributed by atoms with van der Waals surface area (Å²) in [5.41, 5.74) is 6.51. The van der Waals surface area contributed by atoms with Crippen LogP contribution in [0.5, 0.6) is 0 Å². The number of rotatable bonds is 6. The average molecular weight is 320 g/mol. The lowest BCUT2D eigenvalue weighted by molar-refractivity contribution is 0.282. The van der Waals surface area contributed by atoms with E-state index in [1.54, 1.807) is 0 Å². The number of nitrogens with zero attached hydrogens (tertiary/aromatic N) is 1. The lowest BCUT2D eigenvalue weighted by Gasteiger charge is -2.16. The van der Waals surface area contributed by atoms with Gasteiger partial charge in [0.25, 0.3) is 0 Å². The van der Waals surface area contributed by atoms with E-state index in [1.807, 2.05) is 24.4 Å². The van der Waals surface area contributed by atoms with Gasteiger partial charge in [-0.3, -0.25) is 4.98 Å². The molecular weight excluding hydrogens is 296 g/mol. The lowest BCUT2D eigenvalue weighted by Crippen LogP contribution is -2.01. The Balaban J connectivity index is 2.11. The number of hydrogen-bond donors (Lipinski definition) is 2. The molecule has 0 unspecified atom stereocenters. The SMILES string of the molecule is CCCCc1cnc2cc(CO)ccc2c1Nc1ccccc1C. The van der Waals surface area contributed by atoms with E-state index < -0.39 is 0 Å². The first-order valence-corrected chi connectivity index (χ1v) is 8.57. The zero-order valence-corrected chi connectivity index (χ0v) is 14.3. The molecule has 0 saturated carbocycles. The van der Waals surface area contributed by atoms with Gasteiger partial charge in [0.1, 0.15) is 0 Å². The van der Waals surface area contributed by atoms with Gasteiger partial charge in [-0.25, -0.2) is 0 Å². The van der Waals surface area contributed by atoms with Crippen molar-refractivity contribution in [2.45, 2.75) is 39.7 Å². The summed E-state index contributed by atoms with van der Waals surface area (Å²) >= 11 is 0. The summed E-state index contributed by atoms with van der Waals surface area (Å²) in [6.45, 7) is 4.35. The lowest BCUT2D eigenvalue weighted by atomic mass is 10.0. The maximum atomic E-state index is 9.37. The molecule has 2 N–H and O–H groups in total. The van der Waals surface area contributed by atoms with E-state index in [-0.39, 0.29) is 6.61 Å². The maximum absolute atomic E-state index is 9.37. The molecule has 0 bridgehead atoms. The molecule has 1 aromatic heterocycles. The van der Waals surface area contributed by atoms with Crippen LogP contribution >= 0.6 is 0 Å². The van der Waals surface area contributed by atoms with Crippen LogP contribution in [0.25, 0.3) is 10.9 Å². The van der Waals surface area contributed by atoms with Gasteiger partial charge in [-0.1, -0.05) is 43.7 Å². The number of unbranched alkanes of at least 4 members (excludes halogenated alkanes) is 1. The minimum absolute atomic E-state index is 0.0375. The Kier molecular flexibility index (Phi) is 5.11. The highest BCUT2D eigenvalue weighted by Gasteiger charge is 2.11. The van der Waals surface area contributed by atoms with E-state index >= 15 is 0 Å². The second-order valence-corrected chi connectivity index (χ2v) is 6.21. The number of benzene rings is 2. The molecule has 3 rings (SSSR count). The van der Waals surface area contributed by atoms with Crippen molar-refractivity contribution in [1.29, 1.82) is 0 Å². The van der Waals surface area contributed by atoms with Gasteiger partial charge in [-0.2, -0.15) is 0 Å². The monoisotopic (exact) mass is 320 g/mol. The summed E-state index contributed by atoms with van der Waals surface area (Å²) in [6, 6.07) is 14.3. The molecule has 0 amide bonds. The highest BCUT2D eigenvalue weighted by atomic mass is 16.3. The molecule has 3 nitrogen and oxygen atoms in total. The minimum Gasteiger partial charge on any atom is -0.392 e. The Labute approximate surface area is 143 Å². The Morgan fingerprint density at radius 2 is 1.96 bits per heavy atom. The van der Waals surface area contributed by atoms with Crippen LogP contribution in [-0.4, -0.2) is 10.1 Å². The van der Waals surface area contributed by atoms with Crippen LogP contribution in [0.3, 0.4) is 0 Å². The van der Waals surface area contributed by atoms with E-state index in [2.05, 4.69) is 48.4 Å². The third kappa shape index (κ3) is 3.41. The van der Waals surface area contributed by atoms with E-state index in [1.165, 1.54) is 11.1 Å². The number of aliphatic hydroxyl groups excluding tert-OH is 1.